The smallest absolute Gasteiger partial charge is 0.281 e. The van der Waals surface area contributed by atoms with Crippen LogP contribution in [-0.2, 0) is 0 Å². The summed E-state index contributed by atoms with van der Waals surface area (Å²) in [6.07, 6.45) is 1.50. The van der Waals surface area contributed by atoms with Gasteiger partial charge in [-0.2, -0.15) is 5.10 Å². The van der Waals surface area contributed by atoms with E-state index in [1.165, 1.54) is 31.2 Å². The van der Waals surface area contributed by atoms with Crippen molar-refractivity contribution in [2.24, 2.45) is 0 Å². The zero-order valence-electron chi connectivity index (χ0n) is 17.5. The maximum atomic E-state index is 12.8. The average Bonchev–Trinajstić information content (AvgIpc) is 3.27. The van der Waals surface area contributed by atoms with E-state index < -0.39 is 11.3 Å². The zero-order valence-corrected chi connectivity index (χ0v) is 17.5. The molecule has 0 aliphatic heterocycles. The minimum atomic E-state index is -0.742. The number of nitrogens with zero attached hydrogens (tertiary/aromatic N) is 4. The number of methoxy groups -OCH3 is 2. The number of nitrogens with one attached hydrogen (secondary N) is 1. The van der Waals surface area contributed by atoms with Gasteiger partial charge in [0, 0.05) is 17.8 Å². The average molecular weight is 433 g/mol. The molecule has 4 rings (SSSR count). The van der Waals surface area contributed by atoms with E-state index in [0.29, 0.717) is 22.7 Å². The molecule has 1 amide bonds. The number of hydrogen-bond donors (Lipinski definition) is 1. The molecule has 32 heavy (non-hydrogen) atoms. The standard InChI is InChI=1S/C22H19N5O5/c1-13-4-7-15(8-5-13)27-11-10-16(28)20(24-27)22(29)23-21-19(25-32-26-21)14-6-9-17(30-2)18(12-14)31-3/h4-12H,1-3H3,(H,23,26,29). The number of carbonyl (C=O) groups is 1. The van der Waals surface area contributed by atoms with E-state index in [1.54, 1.807) is 18.2 Å². The third-order valence-electron chi connectivity index (χ3n) is 4.70. The first-order valence-corrected chi connectivity index (χ1v) is 9.53. The minimum Gasteiger partial charge on any atom is -0.493 e. The molecule has 0 atom stereocenters. The number of amides is 1. The third-order valence-corrected chi connectivity index (χ3v) is 4.70. The van der Waals surface area contributed by atoms with Crippen LogP contribution in [0.25, 0.3) is 16.9 Å². The van der Waals surface area contributed by atoms with E-state index in [2.05, 4.69) is 20.7 Å². The fourth-order valence-corrected chi connectivity index (χ4v) is 3.02. The highest BCUT2D eigenvalue weighted by Gasteiger charge is 2.20. The summed E-state index contributed by atoms with van der Waals surface area (Å²) in [7, 11) is 3.03. The van der Waals surface area contributed by atoms with Crippen LogP contribution < -0.4 is 20.2 Å². The Morgan fingerprint density at radius 1 is 1.00 bits per heavy atom. The Balaban J connectivity index is 1.64. The van der Waals surface area contributed by atoms with Gasteiger partial charge in [0.25, 0.3) is 5.91 Å². The topological polar surface area (TPSA) is 121 Å². The van der Waals surface area contributed by atoms with E-state index in [0.717, 1.165) is 5.56 Å². The van der Waals surface area contributed by atoms with Crippen molar-refractivity contribution in [3.63, 3.8) is 0 Å². The second kappa shape index (κ2) is 8.72. The van der Waals surface area contributed by atoms with Crippen molar-refractivity contribution in [2.75, 3.05) is 19.5 Å². The molecule has 0 radical (unpaired) electrons. The predicted octanol–water partition coefficient (Wildman–Crippen LogP) is 2.86. The molecule has 4 aromatic rings. The minimum absolute atomic E-state index is 0.0363. The van der Waals surface area contributed by atoms with Crippen molar-refractivity contribution >= 4 is 11.7 Å². The molecule has 2 heterocycles. The van der Waals surface area contributed by atoms with Gasteiger partial charge in [0.05, 0.1) is 19.9 Å². The molecule has 10 nitrogen and oxygen atoms in total. The fourth-order valence-electron chi connectivity index (χ4n) is 3.02. The third kappa shape index (κ3) is 4.06. The van der Waals surface area contributed by atoms with Crippen LogP contribution >= 0.6 is 0 Å². The van der Waals surface area contributed by atoms with Crippen LogP contribution in [0.3, 0.4) is 0 Å². The van der Waals surface area contributed by atoms with Crippen molar-refractivity contribution in [3.05, 3.63) is 76.2 Å². The van der Waals surface area contributed by atoms with Crippen LogP contribution in [-0.4, -0.2) is 40.2 Å². The largest absolute Gasteiger partial charge is 0.493 e. The lowest BCUT2D eigenvalue weighted by Crippen LogP contribution is -2.25. The van der Waals surface area contributed by atoms with Crippen LogP contribution in [0.4, 0.5) is 5.82 Å². The van der Waals surface area contributed by atoms with Gasteiger partial charge in [0.1, 0.15) is 0 Å². The Morgan fingerprint density at radius 3 is 2.47 bits per heavy atom. The maximum absolute atomic E-state index is 12.8. The second-order valence-electron chi connectivity index (χ2n) is 6.79. The molecule has 0 saturated heterocycles. The summed E-state index contributed by atoms with van der Waals surface area (Å²) in [5.74, 6) is 0.294. The monoisotopic (exact) mass is 433 g/mol. The molecule has 0 aliphatic rings. The highest BCUT2D eigenvalue weighted by molar-refractivity contribution is 6.03. The van der Waals surface area contributed by atoms with E-state index in [4.69, 9.17) is 14.1 Å². The van der Waals surface area contributed by atoms with Crippen molar-refractivity contribution in [3.8, 4) is 28.4 Å². The molecule has 1 N–H and O–H groups in total. The summed E-state index contributed by atoms with van der Waals surface area (Å²) >= 11 is 0. The summed E-state index contributed by atoms with van der Waals surface area (Å²) in [5, 5.41) is 14.3. The second-order valence-corrected chi connectivity index (χ2v) is 6.79. The Labute approximate surface area is 182 Å². The van der Waals surface area contributed by atoms with E-state index >= 15 is 0 Å². The Kier molecular flexibility index (Phi) is 5.67. The number of benzene rings is 2. The SMILES string of the molecule is COc1ccc(-c2nonc2NC(=O)c2nn(-c3ccc(C)cc3)ccc2=O)cc1OC. The van der Waals surface area contributed by atoms with Gasteiger partial charge in [0.2, 0.25) is 11.2 Å². The number of hydrogen-bond acceptors (Lipinski definition) is 8. The van der Waals surface area contributed by atoms with Crippen molar-refractivity contribution in [1.82, 2.24) is 20.1 Å². The van der Waals surface area contributed by atoms with Gasteiger partial charge in [-0.1, -0.05) is 17.7 Å². The van der Waals surface area contributed by atoms with Crippen molar-refractivity contribution in [2.45, 2.75) is 6.92 Å². The summed E-state index contributed by atoms with van der Waals surface area (Å²) in [4.78, 5) is 25.1. The van der Waals surface area contributed by atoms with E-state index in [1.807, 2.05) is 31.2 Å². The molecule has 0 aliphatic carbocycles. The predicted molar refractivity (Wildman–Crippen MR) is 115 cm³/mol. The first kappa shape index (κ1) is 20.8. The number of rotatable bonds is 6. The van der Waals surface area contributed by atoms with Gasteiger partial charge in [-0.25, -0.2) is 9.31 Å². The summed E-state index contributed by atoms with van der Waals surface area (Å²) in [5.41, 5.74) is 1.78. The van der Waals surface area contributed by atoms with Crippen LogP contribution in [0.15, 0.2) is 64.2 Å². The number of aryl methyl sites for hydroxylation is 1. The lowest BCUT2D eigenvalue weighted by Gasteiger charge is -2.09. The molecule has 0 spiro atoms. The lowest BCUT2D eigenvalue weighted by molar-refractivity contribution is 0.101. The van der Waals surface area contributed by atoms with Crippen molar-refractivity contribution in [1.29, 1.82) is 0 Å². The highest BCUT2D eigenvalue weighted by Crippen LogP contribution is 2.33. The number of ether oxygens (including phenoxy) is 2. The van der Waals surface area contributed by atoms with E-state index in [9.17, 15) is 9.59 Å². The Hall–Kier alpha value is -4.47. The summed E-state index contributed by atoms with van der Waals surface area (Å²) < 4.78 is 16.8. The summed E-state index contributed by atoms with van der Waals surface area (Å²) in [6.45, 7) is 1.96. The first-order chi connectivity index (χ1) is 15.5. The van der Waals surface area contributed by atoms with Crippen LogP contribution in [0.5, 0.6) is 11.5 Å². The van der Waals surface area contributed by atoms with Gasteiger partial charge in [0.15, 0.2) is 22.9 Å². The first-order valence-electron chi connectivity index (χ1n) is 9.53. The number of anilines is 1. The maximum Gasteiger partial charge on any atom is 0.281 e. The molecule has 0 saturated carbocycles. The number of aromatic nitrogens is 4. The Morgan fingerprint density at radius 2 is 1.75 bits per heavy atom. The van der Waals surface area contributed by atoms with Crippen LogP contribution in [0.1, 0.15) is 16.1 Å². The molecule has 0 bridgehead atoms. The molecule has 10 heteroatoms. The summed E-state index contributed by atoms with van der Waals surface area (Å²) in [6, 6.07) is 13.8. The van der Waals surface area contributed by atoms with Crippen LogP contribution in [0, 0.1) is 6.92 Å². The van der Waals surface area contributed by atoms with Gasteiger partial charge in [-0.15, -0.1) is 0 Å². The Bertz CT molecular complexity index is 1330. The van der Waals surface area contributed by atoms with Gasteiger partial charge in [-0.3, -0.25) is 9.59 Å². The molecular weight excluding hydrogens is 414 g/mol. The van der Waals surface area contributed by atoms with Gasteiger partial charge < -0.3 is 14.8 Å². The quantitative estimate of drug-likeness (QED) is 0.493. The molecule has 2 aromatic heterocycles. The van der Waals surface area contributed by atoms with Gasteiger partial charge in [-0.05, 0) is 47.6 Å². The molecular formula is C22H19N5O5. The molecule has 162 valence electrons. The lowest BCUT2D eigenvalue weighted by atomic mass is 10.1. The highest BCUT2D eigenvalue weighted by atomic mass is 16.6. The van der Waals surface area contributed by atoms with Crippen LogP contribution in [0.2, 0.25) is 0 Å². The normalized spacial score (nSPS) is 10.6. The fraction of sp³-hybridized carbons (Fsp3) is 0.136. The van der Waals surface area contributed by atoms with E-state index in [-0.39, 0.29) is 17.2 Å². The molecule has 0 fully saturated rings. The van der Waals surface area contributed by atoms with Crippen molar-refractivity contribution < 1.29 is 18.9 Å². The number of carbonyl (C=O) groups excluding carboxylic acids is 1. The zero-order chi connectivity index (χ0) is 22.7. The van der Waals surface area contributed by atoms with Gasteiger partial charge >= 0.3 is 0 Å². The molecule has 2 aromatic carbocycles. The molecule has 0 unspecified atom stereocenters.